The lowest BCUT2D eigenvalue weighted by atomic mass is 9.98. The average molecular weight is 351 g/mol. The molecule has 0 atom stereocenters. The van der Waals surface area contributed by atoms with Crippen LogP contribution in [0.5, 0.6) is 0 Å². The summed E-state index contributed by atoms with van der Waals surface area (Å²) in [4.78, 5) is 0. The van der Waals surface area contributed by atoms with E-state index >= 15 is 0 Å². The molecule has 2 aromatic rings. The Bertz CT molecular complexity index is 705. The molecule has 25 heavy (non-hydrogen) atoms. The second-order valence-corrected chi connectivity index (χ2v) is 5.49. The molecule has 3 rings (SSSR count). The first-order valence-electron chi connectivity index (χ1n) is 8.77. The molecule has 2 aromatic carbocycles. The minimum Gasteiger partial charge on any atom is -0.0843 e. The van der Waals surface area contributed by atoms with Gasteiger partial charge in [0.25, 0.3) is 0 Å². The van der Waals surface area contributed by atoms with E-state index in [0.717, 1.165) is 17.0 Å². The fourth-order valence-electron chi connectivity index (χ4n) is 2.29. The quantitative estimate of drug-likeness (QED) is 0.516. The Morgan fingerprint density at radius 1 is 0.800 bits per heavy atom. The van der Waals surface area contributed by atoms with Crippen LogP contribution in [0.3, 0.4) is 0 Å². The zero-order chi connectivity index (χ0) is 18.3. The van der Waals surface area contributed by atoms with E-state index in [1.54, 1.807) is 0 Å². The van der Waals surface area contributed by atoms with Crippen LogP contribution in [-0.4, -0.2) is 0 Å². The molecular formula is C24H27Cl. The summed E-state index contributed by atoms with van der Waals surface area (Å²) in [6, 6.07) is 18.3. The van der Waals surface area contributed by atoms with E-state index in [-0.39, 0.29) is 0 Å². The molecular weight excluding hydrogens is 324 g/mol. The summed E-state index contributed by atoms with van der Waals surface area (Å²) in [7, 11) is 0. The van der Waals surface area contributed by atoms with Gasteiger partial charge in [-0.3, -0.25) is 0 Å². The fraction of sp³-hybridized carbons (Fsp3) is 0.167. The molecule has 0 amide bonds. The van der Waals surface area contributed by atoms with Gasteiger partial charge in [0.1, 0.15) is 0 Å². The molecule has 0 aliphatic heterocycles. The maximum Gasteiger partial charge on any atom is 0.0412 e. The van der Waals surface area contributed by atoms with Gasteiger partial charge in [-0.15, -0.1) is 0 Å². The van der Waals surface area contributed by atoms with Crippen LogP contribution >= 0.6 is 11.6 Å². The van der Waals surface area contributed by atoms with Crippen LogP contribution in [0.4, 0.5) is 0 Å². The molecule has 0 saturated heterocycles. The second-order valence-electron chi connectivity index (χ2n) is 5.06. The van der Waals surface area contributed by atoms with Crippen LogP contribution in [0.2, 0.25) is 5.02 Å². The topological polar surface area (TPSA) is 0 Å². The minimum atomic E-state index is 0.771. The maximum atomic E-state index is 6.01. The number of allylic oxidation sites excluding steroid dienone is 7. The van der Waals surface area contributed by atoms with Crippen LogP contribution < -0.4 is 0 Å². The van der Waals surface area contributed by atoms with Crippen molar-refractivity contribution in [3.8, 4) is 0 Å². The van der Waals surface area contributed by atoms with Gasteiger partial charge in [0.2, 0.25) is 0 Å². The van der Waals surface area contributed by atoms with E-state index < -0.39 is 0 Å². The molecule has 0 fully saturated rings. The standard InChI is InChI=1S/C15H13Cl.C7H8.C2H6/c1-2-15(12-7-4-3-5-8-12)13-9-6-10-14(16)11-13;1-2-4-6-7-5-3-1;1-2/h2-11H,1H3;1-6H,7H2;1-2H3/b15-2-;;. The highest BCUT2D eigenvalue weighted by molar-refractivity contribution is 6.30. The van der Waals surface area contributed by atoms with Crippen LogP contribution in [0, 0.1) is 0 Å². The highest BCUT2D eigenvalue weighted by Gasteiger charge is 2.03. The lowest BCUT2D eigenvalue weighted by Crippen LogP contribution is -1.86. The van der Waals surface area contributed by atoms with Crippen molar-refractivity contribution < 1.29 is 0 Å². The molecule has 0 aromatic heterocycles. The van der Waals surface area contributed by atoms with Crippen molar-refractivity contribution in [3.05, 3.63) is 113 Å². The van der Waals surface area contributed by atoms with Crippen LogP contribution in [-0.2, 0) is 0 Å². The molecule has 0 unspecified atom stereocenters. The lowest BCUT2D eigenvalue weighted by Gasteiger charge is -2.07. The van der Waals surface area contributed by atoms with Gasteiger partial charge in [0, 0.05) is 5.02 Å². The predicted octanol–water partition coefficient (Wildman–Crippen LogP) is 7.88. The van der Waals surface area contributed by atoms with E-state index in [1.165, 1.54) is 11.1 Å². The lowest BCUT2D eigenvalue weighted by molar-refractivity contribution is 1.41. The normalized spacial score (nSPS) is 12.4. The van der Waals surface area contributed by atoms with Gasteiger partial charge in [-0.05, 0) is 42.2 Å². The summed E-state index contributed by atoms with van der Waals surface area (Å²) in [5.74, 6) is 0. The Kier molecular flexibility index (Phi) is 10.8. The first-order valence-corrected chi connectivity index (χ1v) is 9.15. The number of hydrogen-bond donors (Lipinski definition) is 0. The molecule has 0 radical (unpaired) electrons. The monoisotopic (exact) mass is 350 g/mol. The van der Waals surface area contributed by atoms with Gasteiger partial charge in [-0.25, -0.2) is 0 Å². The fourth-order valence-corrected chi connectivity index (χ4v) is 2.49. The molecule has 1 heteroatoms. The maximum absolute atomic E-state index is 6.01. The number of benzene rings is 2. The molecule has 0 N–H and O–H groups in total. The van der Waals surface area contributed by atoms with Gasteiger partial charge in [-0.2, -0.15) is 0 Å². The van der Waals surface area contributed by atoms with Crippen molar-refractivity contribution in [3.63, 3.8) is 0 Å². The van der Waals surface area contributed by atoms with Crippen molar-refractivity contribution in [2.24, 2.45) is 0 Å². The third-order valence-electron chi connectivity index (χ3n) is 3.39. The van der Waals surface area contributed by atoms with Crippen molar-refractivity contribution in [2.75, 3.05) is 0 Å². The Labute approximate surface area is 157 Å². The van der Waals surface area contributed by atoms with Crippen molar-refractivity contribution in [1.29, 1.82) is 0 Å². The van der Waals surface area contributed by atoms with Gasteiger partial charge < -0.3 is 0 Å². The van der Waals surface area contributed by atoms with Crippen molar-refractivity contribution in [1.82, 2.24) is 0 Å². The molecule has 1 aliphatic rings. The van der Waals surface area contributed by atoms with E-state index in [9.17, 15) is 0 Å². The number of halogens is 1. The molecule has 0 nitrogen and oxygen atoms in total. The Morgan fingerprint density at radius 3 is 1.96 bits per heavy atom. The van der Waals surface area contributed by atoms with Crippen molar-refractivity contribution in [2.45, 2.75) is 27.2 Å². The zero-order valence-electron chi connectivity index (χ0n) is 15.3. The summed E-state index contributed by atoms with van der Waals surface area (Å²) < 4.78 is 0. The summed E-state index contributed by atoms with van der Waals surface area (Å²) in [5, 5.41) is 0.771. The number of hydrogen-bond acceptors (Lipinski definition) is 0. The SMILES string of the molecule is C/C=C(/c1ccccc1)c1cccc(Cl)c1.C1=CC=CCC=C1.CC. The largest absolute Gasteiger partial charge is 0.0843 e. The molecule has 0 spiro atoms. The molecule has 0 bridgehead atoms. The number of rotatable bonds is 2. The molecule has 0 saturated carbocycles. The van der Waals surface area contributed by atoms with Gasteiger partial charge in [0.15, 0.2) is 0 Å². The minimum absolute atomic E-state index is 0.771. The Hall–Kier alpha value is -2.31. The van der Waals surface area contributed by atoms with E-state index in [1.807, 2.05) is 69.3 Å². The summed E-state index contributed by atoms with van der Waals surface area (Å²) in [5.41, 5.74) is 3.58. The first kappa shape index (κ1) is 20.7. The van der Waals surface area contributed by atoms with Crippen LogP contribution in [0.15, 0.2) is 97.1 Å². The van der Waals surface area contributed by atoms with E-state index in [2.05, 4.69) is 48.6 Å². The third kappa shape index (κ3) is 7.87. The second kappa shape index (κ2) is 13.0. The highest BCUT2D eigenvalue weighted by Crippen LogP contribution is 2.25. The Morgan fingerprint density at radius 2 is 1.40 bits per heavy atom. The van der Waals surface area contributed by atoms with E-state index in [0.29, 0.717) is 0 Å². The van der Waals surface area contributed by atoms with Crippen molar-refractivity contribution >= 4 is 17.2 Å². The van der Waals surface area contributed by atoms with Crippen LogP contribution in [0.25, 0.3) is 5.57 Å². The summed E-state index contributed by atoms with van der Waals surface area (Å²) >= 11 is 6.01. The smallest absolute Gasteiger partial charge is 0.0412 e. The predicted molar refractivity (Wildman–Crippen MR) is 114 cm³/mol. The highest BCUT2D eigenvalue weighted by atomic mass is 35.5. The molecule has 0 heterocycles. The zero-order valence-corrected chi connectivity index (χ0v) is 16.1. The van der Waals surface area contributed by atoms with Gasteiger partial charge in [-0.1, -0.05) is 110 Å². The third-order valence-corrected chi connectivity index (χ3v) is 3.62. The van der Waals surface area contributed by atoms with Gasteiger partial charge >= 0.3 is 0 Å². The van der Waals surface area contributed by atoms with E-state index in [4.69, 9.17) is 11.6 Å². The Balaban J connectivity index is 0.000000290. The summed E-state index contributed by atoms with van der Waals surface area (Å²) in [6.45, 7) is 6.04. The summed E-state index contributed by atoms with van der Waals surface area (Å²) in [6.07, 6.45) is 15.6. The molecule has 130 valence electrons. The average Bonchev–Trinajstić information content (AvgIpc) is 2.99. The first-order chi connectivity index (χ1) is 12.3. The van der Waals surface area contributed by atoms with Crippen LogP contribution in [0.1, 0.15) is 38.3 Å². The van der Waals surface area contributed by atoms with Gasteiger partial charge in [0.05, 0.1) is 0 Å². The molecule has 1 aliphatic carbocycles.